The van der Waals surface area contributed by atoms with Crippen LogP contribution in [0.15, 0.2) is 12.1 Å². The molecule has 2 rings (SSSR count). The largest absolute Gasteiger partial charge is 0.496 e. The van der Waals surface area contributed by atoms with E-state index < -0.39 is 5.97 Å². The maximum atomic E-state index is 12.4. The van der Waals surface area contributed by atoms with Gasteiger partial charge in [-0.3, -0.25) is 0 Å². The fraction of sp³-hybridized carbons (Fsp3) is 0.600. The number of aliphatic hydroxyl groups is 1. The highest BCUT2D eigenvalue weighted by molar-refractivity contribution is 6.33. The molecule has 1 saturated heterocycles. The molecule has 5 N–H and O–H groups in total. The molecule has 1 atom stereocenters. The first-order valence-electron chi connectivity index (χ1n) is 10.1. The van der Waals surface area contributed by atoms with Gasteiger partial charge in [0.1, 0.15) is 11.3 Å². The number of esters is 1. The van der Waals surface area contributed by atoms with Crippen molar-refractivity contribution >= 4 is 29.3 Å². The Morgan fingerprint density at radius 1 is 1.37 bits per heavy atom. The molecule has 0 saturated carbocycles. The van der Waals surface area contributed by atoms with E-state index >= 15 is 0 Å². The van der Waals surface area contributed by atoms with E-state index in [-0.39, 0.29) is 35.2 Å². The van der Waals surface area contributed by atoms with Gasteiger partial charge in [0.05, 0.1) is 37.1 Å². The maximum absolute atomic E-state index is 12.4. The molecule has 1 heterocycles. The molecule has 0 aliphatic carbocycles. The summed E-state index contributed by atoms with van der Waals surface area (Å²) in [5.74, 6) is 0.0680. The van der Waals surface area contributed by atoms with Gasteiger partial charge in [0, 0.05) is 19.2 Å². The first-order chi connectivity index (χ1) is 14.4. The Hall–Kier alpha value is -2.23. The quantitative estimate of drug-likeness (QED) is 0.337. The number of aliphatic hydroxyl groups excluding tert-OH is 1. The summed E-state index contributed by atoms with van der Waals surface area (Å²) in [4.78, 5) is 26.3. The lowest BCUT2D eigenvalue weighted by Crippen LogP contribution is -2.50. The number of likely N-dealkylation sites (tertiary alicyclic amines) is 1. The highest BCUT2D eigenvalue weighted by atomic mass is 35.5. The second-order valence-corrected chi connectivity index (χ2v) is 7.71. The fourth-order valence-corrected chi connectivity index (χ4v) is 3.53. The molecule has 0 unspecified atom stereocenters. The first kappa shape index (κ1) is 24.0. The number of carbonyl (C=O) groups excluding carboxylic acids is 2. The van der Waals surface area contributed by atoms with Gasteiger partial charge in [-0.2, -0.15) is 0 Å². The molecule has 0 aromatic heterocycles. The Morgan fingerprint density at radius 3 is 2.67 bits per heavy atom. The van der Waals surface area contributed by atoms with Crippen molar-refractivity contribution in [3.05, 3.63) is 22.7 Å². The molecule has 2 amide bonds. The number of nitrogen functional groups attached to an aromatic ring is 1. The Bertz CT molecular complexity index is 725. The number of methoxy groups -OCH3 is 1. The summed E-state index contributed by atoms with van der Waals surface area (Å²) in [6, 6.07) is 2.35. The molecular weight excluding hydrogens is 412 g/mol. The molecule has 1 aromatic rings. The molecule has 9 nitrogen and oxygen atoms in total. The van der Waals surface area contributed by atoms with Crippen LogP contribution in [0.5, 0.6) is 5.75 Å². The van der Waals surface area contributed by atoms with Gasteiger partial charge in [0.2, 0.25) is 0 Å². The van der Waals surface area contributed by atoms with Crippen molar-refractivity contribution in [2.24, 2.45) is 5.92 Å². The molecule has 0 spiro atoms. The van der Waals surface area contributed by atoms with Crippen LogP contribution in [0.25, 0.3) is 0 Å². The zero-order valence-corrected chi connectivity index (χ0v) is 18.2. The summed E-state index contributed by atoms with van der Waals surface area (Å²) < 4.78 is 10.7. The molecule has 1 aliphatic rings. The number of nitrogens with one attached hydrogen (secondary N) is 2. The van der Waals surface area contributed by atoms with Gasteiger partial charge >= 0.3 is 12.0 Å². The zero-order chi connectivity index (χ0) is 22.1. The number of anilines is 1. The number of halogens is 1. The van der Waals surface area contributed by atoms with Crippen LogP contribution >= 0.6 is 11.6 Å². The number of amides is 2. The number of urea groups is 1. The Labute approximate surface area is 181 Å². The number of piperidine rings is 1. The van der Waals surface area contributed by atoms with Crippen molar-refractivity contribution in [3.63, 3.8) is 0 Å². The molecule has 1 aliphatic heterocycles. The average Bonchev–Trinajstić information content (AvgIpc) is 2.74. The van der Waals surface area contributed by atoms with Crippen molar-refractivity contribution in [3.8, 4) is 5.75 Å². The predicted molar refractivity (Wildman–Crippen MR) is 115 cm³/mol. The van der Waals surface area contributed by atoms with Gasteiger partial charge in [0.15, 0.2) is 0 Å². The highest BCUT2D eigenvalue weighted by Gasteiger charge is 2.24. The minimum Gasteiger partial charge on any atom is -0.496 e. The summed E-state index contributed by atoms with van der Waals surface area (Å²) >= 11 is 6.01. The number of nitrogens with zero attached hydrogens (tertiary/aromatic N) is 1. The number of hydrogen-bond acceptors (Lipinski definition) is 7. The third kappa shape index (κ3) is 6.93. The van der Waals surface area contributed by atoms with Crippen LogP contribution in [0, 0.1) is 5.92 Å². The van der Waals surface area contributed by atoms with Crippen LogP contribution in [-0.2, 0) is 4.74 Å². The lowest BCUT2D eigenvalue weighted by Gasteiger charge is -2.33. The van der Waals surface area contributed by atoms with E-state index in [4.69, 9.17) is 26.8 Å². The SMILES string of the molecule is CCNC(=O)N[C@H](CO)CN1CCC(COC(=O)c2cc(Cl)c(N)cc2OC)CC1. The monoisotopic (exact) mass is 442 g/mol. The van der Waals surface area contributed by atoms with Crippen LogP contribution in [0.3, 0.4) is 0 Å². The third-order valence-corrected chi connectivity index (χ3v) is 5.39. The molecule has 1 fully saturated rings. The van der Waals surface area contributed by atoms with Crippen LogP contribution in [0.4, 0.5) is 10.5 Å². The summed E-state index contributed by atoms with van der Waals surface area (Å²) in [6.07, 6.45) is 1.71. The smallest absolute Gasteiger partial charge is 0.341 e. The lowest BCUT2D eigenvalue weighted by molar-refractivity contribution is 0.0361. The minimum atomic E-state index is -0.498. The van der Waals surface area contributed by atoms with Gasteiger partial charge < -0.3 is 35.8 Å². The van der Waals surface area contributed by atoms with Gasteiger partial charge in [0.25, 0.3) is 0 Å². The van der Waals surface area contributed by atoms with E-state index in [2.05, 4.69) is 15.5 Å². The number of nitrogens with two attached hydrogens (primary N) is 1. The average molecular weight is 443 g/mol. The van der Waals surface area contributed by atoms with Gasteiger partial charge in [-0.25, -0.2) is 9.59 Å². The van der Waals surface area contributed by atoms with Gasteiger partial charge in [-0.1, -0.05) is 11.6 Å². The van der Waals surface area contributed by atoms with E-state index in [1.54, 1.807) is 0 Å². The van der Waals surface area contributed by atoms with Crippen molar-refractivity contribution in [1.82, 2.24) is 15.5 Å². The minimum absolute atomic E-state index is 0.124. The van der Waals surface area contributed by atoms with E-state index in [0.29, 0.717) is 31.1 Å². The Kier molecular flexibility index (Phi) is 9.48. The standard InChI is InChI=1S/C20H31ClN4O5/c1-3-23-20(28)24-14(11-26)10-25-6-4-13(5-7-25)12-30-19(27)15-8-16(21)17(22)9-18(15)29-2/h8-9,13-14,26H,3-7,10-12,22H2,1-2H3,(H2,23,24,28)/t14-/m0/s1. The molecule has 0 radical (unpaired) electrons. The second-order valence-electron chi connectivity index (χ2n) is 7.30. The third-order valence-electron chi connectivity index (χ3n) is 5.07. The first-order valence-corrected chi connectivity index (χ1v) is 10.4. The van der Waals surface area contributed by atoms with E-state index in [1.165, 1.54) is 19.2 Å². The number of benzene rings is 1. The van der Waals surface area contributed by atoms with Crippen LogP contribution in [-0.4, -0.2) is 74.6 Å². The fourth-order valence-electron chi connectivity index (χ4n) is 3.36. The summed E-state index contributed by atoms with van der Waals surface area (Å²) in [5, 5.41) is 15.2. The van der Waals surface area contributed by atoms with Crippen LogP contribution < -0.4 is 21.1 Å². The molecule has 0 bridgehead atoms. The normalized spacial score (nSPS) is 16.0. The topological polar surface area (TPSA) is 126 Å². The molecule has 168 valence electrons. The van der Waals surface area contributed by atoms with Crippen molar-refractivity contribution in [2.45, 2.75) is 25.8 Å². The Morgan fingerprint density at radius 2 is 2.07 bits per heavy atom. The molecule has 30 heavy (non-hydrogen) atoms. The summed E-state index contributed by atoms with van der Waals surface area (Å²) in [6.45, 7) is 4.71. The number of hydrogen-bond donors (Lipinski definition) is 4. The number of carbonyl (C=O) groups is 2. The van der Waals surface area contributed by atoms with E-state index in [1.807, 2.05) is 6.92 Å². The summed E-state index contributed by atoms with van der Waals surface area (Å²) in [5.41, 5.74) is 6.32. The van der Waals surface area contributed by atoms with E-state index in [0.717, 1.165) is 25.9 Å². The van der Waals surface area contributed by atoms with Crippen molar-refractivity contribution in [2.75, 3.05) is 52.2 Å². The van der Waals surface area contributed by atoms with Crippen LogP contribution in [0.1, 0.15) is 30.1 Å². The van der Waals surface area contributed by atoms with Crippen LogP contribution in [0.2, 0.25) is 5.02 Å². The molecular formula is C20H31ClN4O5. The predicted octanol–water partition coefficient (Wildman–Crippen LogP) is 1.48. The highest BCUT2D eigenvalue weighted by Crippen LogP contribution is 2.29. The maximum Gasteiger partial charge on any atom is 0.341 e. The summed E-state index contributed by atoms with van der Waals surface area (Å²) in [7, 11) is 1.45. The Balaban J connectivity index is 1.79. The van der Waals surface area contributed by atoms with Gasteiger partial charge in [-0.15, -0.1) is 0 Å². The molecule has 10 heteroatoms. The lowest BCUT2D eigenvalue weighted by atomic mass is 9.97. The van der Waals surface area contributed by atoms with E-state index in [9.17, 15) is 14.7 Å². The molecule has 1 aromatic carbocycles. The number of ether oxygens (including phenoxy) is 2. The number of rotatable bonds is 9. The second kappa shape index (κ2) is 11.8. The van der Waals surface area contributed by atoms with Gasteiger partial charge in [-0.05, 0) is 44.8 Å². The zero-order valence-electron chi connectivity index (χ0n) is 17.4. The van der Waals surface area contributed by atoms with Crippen molar-refractivity contribution < 1.29 is 24.2 Å². The van der Waals surface area contributed by atoms with Crippen molar-refractivity contribution in [1.29, 1.82) is 0 Å².